The lowest BCUT2D eigenvalue weighted by atomic mass is 9.94. The number of hydrogen-bond donors (Lipinski definition) is 1. The Morgan fingerprint density at radius 2 is 1.77 bits per heavy atom. The highest BCUT2D eigenvalue weighted by molar-refractivity contribution is 5.97. The average Bonchev–Trinajstić information content (AvgIpc) is 2.89. The van der Waals surface area contributed by atoms with Gasteiger partial charge in [-0.1, -0.05) is 18.2 Å². The minimum atomic E-state index is -0.314. The standard InChI is InChI=1S/C27H33N3O5/c1-33-25-16-22(35-21-8-6-19(28)7-9-21)10-11-23(25)26(31)29-14-12-20(13-15-29)30-24-5-3-2-4-18(24)17-34-27(30)32/h2-5,10-11,16,19-21H,6-9,12-15,17,28H2,1H3. The largest absolute Gasteiger partial charge is 0.496 e. The Hall–Kier alpha value is -3.26. The summed E-state index contributed by atoms with van der Waals surface area (Å²) in [6, 6.07) is 13.5. The third kappa shape index (κ3) is 4.93. The highest BCUT2D eigenvalue weighted by Crippen LogP contribution is 2.33. The normalized spacial score (nSPS) is 22.9. The third-order valence-electron chi connectivity index (χ3n) is 7.34. The fourth-order valence-electron chi connectivity index (χ4n) is 5.34. The first-order valence-electron chi connectivity index (χ1n) is 12.5. The van der Waals surface area contributed by atoms with Gasteiger partial charge in [0.25, 0.3) is 5.91 Å². The molecule has 0 radical (unpaired) electrons. The fourth-order valence-corrected chi connectivity index (χ4v) is 5.34. The van der Waals surface area contributed by atoms with Gasteiger partial charge in [-0.25, -0.2) is 4.79 Å². The first kappa shape index (κ1) is 23.5. The predicted molar refractivity (Wildman–Crippen MR) is 132 cm³/mol. The molecule has 2 aromatic carbocycles. The number of fused-ring (bicyclic) bond motifs is 1. The molecule has 1 aliphatic carbocycles. The average molecular weight is 480 g/mol. The summed E-state index contributed by atoms with van der Waals surface area (Å²) < 4.78 is 17.1. The molecule has 5 rings (SSSR count). The Balaban J connectivity index is 1.23. The summed E-state index contributed by atoms with van der Waals surface area (Å²) in [4.78, 5) is 29.5. The number of carbonyl (C=O) groups excluding carboxylic acids is 2. The molecule has 2 aliphatic heterocycles. The van der Waals surface area contributed by atoms with E-state index in [0.717, 1.165) is 36.9 Å². The molecule has 2 amide bonds. The van der Waals surface area contributed by atoms with E-state index in [1.54, 1.807) is 24.1 Å². The van der Waals surface area contributed by atoms with Crippen molar-refractivity contribution in [3.63, 3.8) is 0 Å². The number of likely N-dealkylation sites (tertiary alicyclic amines) is 1. The maximum absolute atomic E-state index is 13.3. The van der Waals surface area contributed by atoms with Crippen molar-refractivity contribution in [3.05, 3.63) is 53.6 Å². The van der Waals surface area contributed by atoms with Crippen LogP contribution in [0.3, 0.4) is 0 Å². The lowest BCUT2D eigenvalue weighted by molar-refractivity contribution is 0.0705. The molecular formula is C27H33N3O5. The second-order valence-corrected chi connectivity index (χ2v) is 9.59. The Labute approximate surface area is 205 Å². The van der Waals surface area contributed by atoms with E-state index < -0.39 is 0 Å². The smallest absolute Gasteiger partial charge is 0.414 e. The summed E-state index contributed by atoms with van der Waals surface area (Å²) in [5.41, 5.74) is 8.43. The molecule has 0 atom stereocenters. The van der Waals surface area contributed by atoms with Crippen LogP contribution in [-0.4, -0.2) is 55.3 Å². The maximum atomic E-state index is 13.3. The number of methoxy groups -OCH3 is 1. The van der Waals surface area contributed by atoms with Crippen molar-refractivity contribution in [1.82, 2.24) is 4.90 Å². The summed E-state index contributed by atoms with van der Waals surface area (Å²) in [6.07, 6.45) is 5.01. The molecule has 1 saturated carbocycles. The van der Waals surface area contributed by atoms with Crippen molar-refractivity contribution >= 4 is 17.7 Å². The number of amides is 2. The Morgan fingerprint density at radius 1 is 1.03 bits per heavy atom. The highest BCUT2D eigenvalue weighted by Gasteiger charge is 2.35. The molecule has 2 aromatic rings. The highest BCUT2D eigenvalue weighted by atomic mass is 16.6. The molecule has 2 heterocycles. The van der Waals surface area contributed by atoms with Crippen molar-refractivity contribution in [2.75, 3.05) is 25.1 Å². The number of benzene rings is 2. The van der Waals surface area contributed by atoms with Crippen LogP contribution in [0.5, 0.6) is 11.5 Å². The minimum Gasteiger partial charge on any atom is -0.496 e. The third-order valence-corrected chi connectivity index (χ3v) is 7.34. The lowest BCUT2D eigenvalue weighted by Gasteiger charge is -2.40. The molecule has 0 spiro atoms. The molecule has 186 valence electrons. The van der Waals surface area contributed by atoms with Crippen LogP contribution in [0.2, 0.25) is 0 Å². The molecule has 0 bridgehead atoms. The molecule has 2 N–H and O–H groups in total. The van der Waals surface area contributed by atoms with E-state index in [1.165, 1.54) is 0 Å². The van der Waals surface area contributed by atoms with Crippen molar-refractivity contribution in [1.29, 1.82) is 0 Å². The van der Waals surface area contributed by atoms with E-state index in [9.17, 15) is 9.59 Å². The second-order valence-electron chi connectivity index (χ2n) is 9.59. The summed E-state index contributed by atoms with van der Waals surface area (Å²) in [6.45, 7) is 1.41. The first-order chi connectivity index (χ1) is 17.0. The van der Waals surface area contributed by atoms with E-state index in [2.05, 4.69) is 0 Å². The molecular weight excluding hydrogens is 446 g/mol. The van der Waals surface area contributed by atoms with Crippen LogP contribution in [0.25, 0.3) is 0 Å². The molecule has 0 aromatic heterocycles. The molecule has 0 unspecified atom stereocenters. The lowest BCUT2D eigenvalue weighted by Crippen LogP contribution is -2.50. The van der Waals surface area contributed by atoms with Gasteiger partial charge in [0, 0.05) is 36.8 Å². The number of nitrogens with zero attached hydrogens (tertiary/aromatic N) is 2. The summed E-state index contributed by atoms with van der Waals surface area (Å²) in [5, 5.41) is 0. The first-order valence-corrected chi connectivity index (χ1v) is 12.5. The summed E-state index contributed by atoms with van der Waals surface area (Å²) in [5.74, 6) is 1.15. The van der Waals surface area contributed by atoms with Crippen LogP contribution >= 0.6 is 0 Å². The number of carbonyl (C=O) groups is 2. The number of hydrogen-bond acceptors (Lipinski definition) is 6. The zero-order valence-electron chi connectivity index (χ0n) is 20.2. The van der Waals surface area contributed by atoms with E-state index in [4.69, 9.17) is 19.9 Å². The number of piperidine rings is 1. The van der Waals surface area contributed by atoms with Gasteiger partial charge in [0.2, 0.25) is 0 Å². The number of anilines is 1. The van der Waals surface area contributed by atoms with Crippen molar-refractivity contribution in [2.45, 2.75) is 63.3 Å². The monoisotopic (exact) mass is 479 g/mol. The Kier molecular flexibility index (Phi) is 6.81. The van der Waals surface area contributed by atoms with Crippen LogP contribution in [-0.2, 0) is 11.3 Å². The summed E-state index contributed by atoms with van der Waals surface area (Å²) in [7, 11) is 1.57. The van der Waals surface area contributed by atoms with Crippen LogP contribution in [0, 0.1) is 0 Å². The van der Waals surface area contributed by atoms with Gasteiger partial charge in [-0.05, 0) is 56.7 Å². The van der Waals surface area contributed by atoms with Gasteiger partial charge in [-0.2, -0.15) is 0 Å². The number of cyclic esters (lactones) is 1. The summed E-state index contributed by atoms with van der Waals surface area (Å²) >= 11 is 0. The Morgan fingerprint density at radius 3 is 2.51 bits per heavy atom. The molecule has 3 aliphatic rings. The van der Waals surface area contributed by atoms with Gasteiger partial charge in [-0.15, -0.1) is 0 Å². The van der Waals surface area contributed by atoms with Gasteiger partial charge in [0.15, 0.2) is 0 Å². The van der Waals surface area contributed by atoms with Gasteiger partial charge in [0.1, 0.15) is 18.1 Å². The van der Waals surface area contributed by atoms with Crippen LogP contribution < -0.4 is 20.1 Å². The number of ether oxygens (including phenoxy) is 3. The zero-order chi connectivity index (χ0) is 24.4. The van der Waals surface area contributed by atoms with Crippen LogP contribution in [0.4, 0.5) is 10.5 Å². The van der Waals surface area contributed by atoms with E-state index in [-0.39, 0.29) is 30.2 Å². The molecule has 8 heteroatoms. The quantitative estimate of drug-likeness (QED) is 0.694. The van der Waals surface area contributed by atoms with E-state index in [0.29, 0.717) is 49.6 Å². The topological polar surface area (TPSA) is 94.3 Å². The van der Waals surface area contributed by atoms with Crippen molar-refractivity contribution in [2.24, 2.45) is 5.73 Å². The molecule has 2 fully saturated rings. The van der Waals surface area contributed by atoms with Gasteiger partial charge in [0.05, 0.1) is 24.5 Å². The molecule has 35 heavy (non-hydrogen) atoms. The number of rotatable bonds is 5. The van der Waals surface area contributed by atoms with Crippen molar-refractivity contribution in [3.8, 4) is 11.5 Å². The van der Waals surface area contributed by atoms with Gasteiger partial charge < -0.3 is 24.8 Å². The van der Waals surface area contributed by atoms with E-state index >= 15 is 0 Å². The SMILES string of the molecule is COc1cc(OC2CCC(N)CC2)ccc1C(=O)N1CCC(N2C(=O)OCc3ccccc32)CC1. The number of para-hydroxylation sites is 1. The van der Waals surface area contributed by atoms with E-state index in [1.807, 2.05) is 35.2 Å². The minimum absolute atomic E-state index is 0.00529. The van der Waals surface area contributed by atoms with Crippen LogP contribution in [0.15, 0.2) is 42.5 Å². The Bertz CT molecular complexity index is 1070. The molecule has 8 nitrogen and oxygen atoms in total. The van der Waals surface area contributed by atoms with Crippen molar-refractivity contribution < 1.29 is 23.8 Å². The maximum Gasteiger partial charge on any atom is 0.414 e. The fraction of sp³-hybridized carbons (Fsp3) is 0.481. The second kappa shape index (κ2) is 10.2. The molecule has 1 saturated heterocycles. The van der Waals surface area contributed by atoms with Gasteiger partial charge in [-0.3, -0.25) is 9.69 Å². The van der Waals surface area contributed by atoms with Crippen LogP contribution in [0.1, 0.15) is 54.4 Å². The number of nitrogens with two attached hydrogens (primary N) is 1. The van der Waals surface area contributed by atoms with Gasteiger partial charge >= 0.3 is 6.09 Å². The zero-order valence-corrected chi connectivity index (χ0v) is 20.2. The predicted octanol–water partition coefficient (Wildman–Crippen LogP) is 4.11.